The lowest BCUT2D eigenvalue weighted by Gasteiger charge is -2.32. The number of hydrogen-bond donors (Lipinski definition) is 0. The fraction of sp³-hybridized carbons (Fsp3) is 1.00. The van der Waals surface area contributed by atoms with Crippen molar-refractivity contribution in [2.45, 2.75) is 426 Å². The molecule has 0 aliphatic heterocycles. The highest BCUT2D eigenvalue weighted by Crippen LogP contribution is 2.52. The first-order valence-corrected chi connectivity index (χ1v) is 37.9. The summed E-state index contributed by atoms with van der Waals surface area (Å²) in [4.78, 5) is 0. The van der Waals surface area contributed by atoms with E-state index in [0.29, 0.717) is 30.1 Å². The second-order valence-electron chi connectivity index (χ2n) is 30.3. The van der Waals surface area contributed by atoms with Crippen LogP contribution < -0.4 is 0 Å². The summed E-state index contributed by atoms with van der Waals surface area (Å²) in [6, 6.07) is 0. The third-order valence-corrected chi connectivity index (χ3v) is 15.7. The van der Waals surface area contributed by atoms with Gasteiger partial charge in [-0.15, -0.1) is 0 Å². The van der Waals surface area contributed by atoms with Crippen molar-refractivity contribution < 1.29 is 120 Å². The van der Waals surface area contributed by atoms with E-state index in [0.717, 1.165) is 72.1 Å². The lowest BCUT2D eigenvalue weighted by Crippen LogP contribution is -2.47. The summed E-state index contributed by atoms with van der Waals surface area (Å²) in [6.07, 6.45) is -22.8. The molecule has 0 heterocycles. The normalized spacial score (nSPS) is 14.9. The van der Waals surface area contributed by atoms with E-state index in [1.807, 2.05) is 27.7 Å². The van der Waals surface area contributed by atoms with Crippen LogP contribution >= 0.6 is 0 Å². The first-order chi connectivity index (χ1) is 48.4. The average Bonchev–Trinajstić information content (AvgIpc) is 0.780. The van der Waals surface area contributed by atoms with Gasteiger partial charge in [0.05, 0.1) is 37.0 Å². The van der Waals surface area contributed by atoms with Crippen molar-refractivity contribution in [1.29, 1.82) is 0 Å². The number of hydrogen-bond acceptors (Lipinski definition) is 0. The molecule has 0 aromatic heterocycles. The Bertz CT molecular complexity index is 1810. The molecule has 0 amide bonds. The van der Waals surface area contributed by atoms with Gasteiger partial charge < -0.3 is 0 Å². The number of alkyl halides is 26. The van der Waals surface area contributed by atoms with E-state index in [1.54, 1.807) is 27.7 Å². The van der Waals surface area contributed by atoms with Gasteiger partial charge in [0.25, 0.3) is 0 Å². The minimum Gasteiger partial charge on any atom is -0.251 e. The lowest BCUT2D eigenvalue weighted by molar-refractivity contribution is -0.335. The van der Waals surface area contributed by atoms with Crippen molar-refractivity contribution in [3.8, 4) is 0 Å². The molecule has 0 saturated heterocycles. The fourth-order valence-corrected chi connectivity index (χ4v) is 5.15. The van der Waals surface area contributed by atoms with Gasteiger partial charge >= 0.3 is 37.1 Å². The fourth-order valence-electron chi connectivity index (χ4n) is 5.15. The molecule has 8 atom stereocenters. The molecule has 0 fully saturated rings. The molecule has 0 radical (unpaired) electrons. The second kappa shape index (κ2) is 75.8. The van der Waals surface area contributed by atoms with Crippen LogP contribution in [0.2, 0.25) is 0 Å². The Morgan fingerprint density at radius 2 is 0.613 bits per heavy atom. The molecule has 0 nitrogen and oxygen atoms in total. The maximum absolute atomic E-state index is 12.3. The summed E-state index contributed by atoms with van der Waals surface area (Å²) >= 11 is 0. The predicted molar refractivity (Wildman–Crippen MR) is 402 cm³/mol. The van der Waals surface area contributed by atoms with Crippen LogP contribution in [-0.4, -0.2) is 69.2 Å². The van der Waals surface area contributed by atoms with Gasteiger partial charge in [-0.05, 0) is 99.2 Å². The van der Waals surface area contributed by atoms with Gasteiger partial charge in [0.1, 0.15) is 0 Å². The summed E-state index contributed by atoms with van der Waals surface area (Å²) in [5, 5.41) is 0. The quantitative estimate of drug-likeness (QED) is 0.0895. The van der Waals surface area contributed by atoms with Crippen molar-refractivity contribution in [2.75, 3.05) is 13.3 Å². The summed E-state index contributed by atoms with van der Waals surface area (Å²) in [7, 11) is 0. The molecule has 8 unspecified atom stereocenters. The van der Waals surface area contributed by atoms with Crippen LogP contribution in [0.4, 0.5) is 114 Å². The largest absolute Gasteiger partial charge is 0.402 e. The molecule has 0 aromatic rings. The van der Waals surface area contributed by atoms with Gasteiger partial charge in [-0.3, -0.25) is 8.78 Å². The summed E-state index contributed by atoms with van der Waals surface area (Å²) in [5.74, 6) is -7.25. The van der Waals surface area contributed by atoms with E-state index in [1.165, 1.54) is 80.1 Å². The molecule has 106 heavy (non-hydrogen) atoms. The van der Waals surface area contributed by atoms with Crippen LogP contribution in [0.1, 0.15) is 376 Å². The molecular weight excluding hydrogens is 1450 g/mol. The molecule has 0 saturated carbocycles. The average molecular weight is 1620 g/mol. The van der Waals surface area contributed by atoms with Crippen LogP contribution in [-0.2, 0) is 0 Å². The standard InChI is InChI=1S/C7H16.C6H8F6.2C6H11F3.2C6H12F2.C6H13F.2C6H14.2C5H9F3.C5H10F2.C5H11F.C5H12/c1-5-6-7(2,3)4;1-3-4(2,5(7,8)9)6(10,11)12;2*1-3-4-5(2)6(7,8)9;1-4-6(7,8)5(2)3;1-3-4-5(2)6(7)8;1-3-4-6(2)5-7;1-5-6(2,3)4;1-4-5-6(2)3;2*1-3-4(2)5(6,7)8;1-3-4(2)5(6)7;1-3-5(2)4-6;1-4-5(2)3/h5-6H2,1-4H3;3H2,1-2H3;2*5H,3-4H2,1-2H3;5H,4H2,1-3H3;5-6H,3-4H2,1-2H3;6H,3-5H2,1-2H3;5H2,1-4H3;6H,4-5H2,1-3H3;2*4H,3H2,1-2H3;4-5H,3H2,1-2H3;5H,3-4H2,1-2H3;5H,4H2,1-3H3/i;;3D2;;;;;;;3D2;;;;. The molecule has 0 N–H and O–H groups in total. The number of halogens is 26. The molecule has 664 valence electrons. The highest BCUT2D eigenvalue weighted by atomic mass is 19.4. The van der Waals surface area contributed by atoms with Gasteiger partial charge in [0.2, 0.25) is 18.8 Å². The zero-order valence-electron chi connectivity index (χ0n) is 76.5. The molecular formula is C80H162F26. The maximum atomic E-state index is 12.3. The van der Waals surface area contributed by atoms with Crippen molar-refractivity contribution in [3.05, 3.63) is 0 Å². The Balaban J connectivity index is -0.0000000756. The van der Waals surface area contributed by atoms with Crippen LogP contribution in [0.25, 0.3) is 0 Å². The van der Waals surface area contributed by atoms with Crippen molar-refractivity contribution >= 4 is 0 Å². The minimum absolute atomic E-state index is 0.0509. The smallest absolute Gasteiger partial charge is 0.251 e. The molecule has 0 aliphatic carbocycles. The van der Waals surface area contributed by atoms with E-state index in [-0.39, 0.29) is 51.4 Å². The molecule has 26 heteroatoms. The molecule has 0 aliphatic rings. The highest BCUT2D eigenvalue weighted by molar-refractivity contribution is 4.87. The van der Waals surface area contributed by atoms with E-state index < -0.39 is 128 Å². The van der Waals surface area contributed by atoms with Crippen molar-refractivity contribution in [2.24, 2.45) is 81.3 Å². The first kappa shape index (κ1) is 125. The van der Waals surface area contributed by atoms with Gasteiger partial charge in [0.15, 0.2) is 5.41 Å². The zero-order chi connectivity index (χ0) is 92.6. The third kappa shape index (κ3) is 113. The van der Waals surface area contributed by atoms with Crippen LogP contribution in [0.5, 0.6) is 0 Å². The first-order valence-electron chi connectivity index (χ1n) is 39.9. The van der Waals surface area contributed by atoms with Crippen LogP contribution in [0, 0.1) is 81.3 Å². The van der Waals surface area contributed by atoms with Crippen molar-refractivity contribution in [3.63, 3.8) is 0 Å². The monoisotopic (exact) mass is 1620 g/mol. The SMILES string of the molecule is CCC(C)(C(F)(F)F)C(F)(F)F.CCC(C)(C)C.CCC(C)C.CCC(C)C(F)(F)F.CCC(C)C(F)F.CCC(C)CF.CCC(F)(F)C(C)C.CCCC(C)(C)C.CCCC(C)C.CCCC(C)C(F)(F)F.CCCC(C)C(F)F.CCCC(C)CF.[2H]C([2H])(C)C(C)C(F)(F)F.[2H]C([2H])(C)CC(C)C(F)(F)F. The zero-order valence-corrected chi connectivity index (χ0v) is 72.5. The Kier molecular flexibility index (Phi) is 89.5. The third-order valence-electron chi connectivity index (χ3n) is 15.7. The van der Waals surface area contributed by atoms with Crippen LogP contribution in [0.3, 0.4) is 0 Å². The predicted octanol–water partition coefficient (Wildman–Crippen LogP) is 36.5. The molecule has 0 spiro atoms. The van der Waals surface area contributed by atoms with Gasteiger partial charge in [-0.25, -0.2) is 26.3 Å². The van der Waals surface area contributed by atoms with E-state index in [9.17, 15) is 114 Å². The van der Waals surface area contributed by atoms with Crippen LogP contribution in [0.15, 0.2) is 0 Å². The lowest BCUT2D eigenvalue weighted by atomic mass is 9.86. The summed E-state index contributed by atoms with van der Waals surface area (Å²) in [5.41, 5.74) is -2.49. The Hall–Kier alpha value is -1.82. The maximum Gasteiger partial charge on any atom is 0.402 e. The van der Waals surface area contributed by atoms with E-state index in [2.05, 4.69) is 104 Å². The topological polar surface area (TPSA) is 0 Å². The Labute approximate surface area is 639 Å². The van der Waals surface area contributed by atoms with Crippen molar-refractivity contribution in [1.82, 2.24) is 0 Å². The van der Waals surface area contributed by atoms with E-state index in [4.69, 9.17) is 5.48 Å². The number of rotatable bonds is 23. The minimum atomic E-state index is -5.24. The molecule has 0 aromatic carbocycles. The molecule has 0 bridgehead atoms. The van der Waals surface area contributed by atoms with E-state index >= 15 is 0 Å². The second-order valence-corrected chi connectivity index (χ2v) is 30.3. The summed E-state index contributed by atoms with van der Waals surface area (Å²) in [6.45, 7) is 60.9. The molecule has 0 rings (SSSR count). The van der Waals surface area contributed by atoms with Gasteiger partial charge in [-0.1, -0.05) is 300 Å². The Morgan fingerprint density at radius 3 is 0.651 bits per heavy atom. The Morgan fingerprint density at radius 1 is 0.302 bits per heavy atom. The highest BCUT2D eigenvalue weighted by Gasteiger charge is 2.66. The summed E-state index contributed by atoms with van der Waals surface area (Å²) < 4.78 is 332. The van der Waals surface area contributed by atoms with Gasteiger partial charge in [-0.2, -0.15) is 79.0 Å². The van der Waals surface area contributed by atoms with Gasteiger partial charge in [0, 0.05) is 29.7 Å².